The van der Waals surface area contributed by atoms with E-state index in [1.807, 2.05) is 0 Å². The zero-order chi connectivity index (χ0) is 12.0. The lowest BCUT2D eigenvalue weighted by Crippen LogP contribution is -2.16. The SMILES string of the molecule is CN(C)c1nc(=O)c2cc3ccoc3cc2o1. The van der Waals surface area contributed by atoms with Crippen molar-refractivity contribution in [3.63, 3.8) is 0 Å². The summed E-state index contributed by atoms with van der Waals surface area (Å²) in [5.74, 6) is 0. The zero-order valence-corrected chi connectivity index (χ0v) is 9.43. The van der Waals surface area contributed by atoms with E-state index in [-0.39, 0.29) is 11.6 Å². The molecule has 0 unspecified atom stereocenters. The predicted molar refractivity (Wildman–Crippen MR) is 64.4 cm³/mol. The van der Waals surface area contributed by atoms with E-state index in [1.54, 1.807) is 43.5 Å². The summed E-state index contributed by atoms with van der Waals surface area (Å²) >= 11 is 0. The molecule has 2 heterocycles. The van der Waals surface area contributed by atoms with Gasteiger partial charge in [-0.3, -0.25) is 4.79 Å². The molecule has 0 atom stereocenters. The molecule has 86 valence electrons. The number of rotatable bonds is 1. The molecule has 3 aromatic rings. The lowest BCUT2D eigenvalue weighted by atomic mass is 10.2. The van der Waals surface area contributed by atoms with E-state index < -0.39 is 0 Å². The minimum Gasteiger partial charge on any atom is -0.464 e. The van der Waals surface area contributed by atoms with Crippen molar-refractivity contribution in [3.05, 3.63) is 34.8 Å². The first-order valence-corrected chi connectivity index (χ1v) is 5.14. The number of anilines is 1. The van der Waals surface area contributed by atoms with Crippen LogP contribution in [0.2, 0.25) is 0 Å². The first kappa shape index (κ1) is 9.89. The van der Waals surface area contributed by atoms with Crippen LogP contribution in [0.1, 0.15) is 0 Å². The van der Waals surface area contributed by atoms with Gasteiger partial charge in [-0.15, -0.1) is 0 Å². The van der Waals surface area contributed by atoms with Crippen molar-refractivity contribution < 1.29 is 8.83 Å². The molecule has 17 heavy (non-hydrogen) atoms. The quantitative estimate of drug-likeness (QED) is 0.639. The Bertz CT molecular complexity index is 755. The molecule has 2 aromatic heterocycles. The maximum absolute atomic E-state index is 11.8. The van der Waals surface area contributed by atoms with Gasteiger partial charge in [-0.25, -0.2) is 0 Å². The standard InChI is InChI=1S/C12H10N2O3/c1-14(2)12-13-11(15)8-5-7-3-4-16-9(7)6-10(8)17-12/h3-6H,1-2H3. The van der Waals surface area contributed by atoms with Crippen LogP contribution in [0.4, 0.5) is 6.01 Å². The third-order valence-electron chi connectivity index (χ3n) is 2.57. The summed E-state index contributed by atoms with van der Waals surface area (Å²) in [6.07, 6.45) is 1.58. The van der Waals surface area contributed by atoms with Crippen LogP contribution in [0.5, 0.6) is 0 Å². The van der Waals surface area contributed by atoms with Gasteiger partial charge in [0.25, 0.3) is 5.56 Å². The van der Waals surface area contributed by atoms with Crippen molar-refractivity contribution in [3.8, 4) is 0 Å². The number of benzene rings is 1. The molecule has 0 N–H and O–H groups in total. The Morgan fingerprint density at radius 2 is 2.06 bits per heavy atom. The minimum atomic E-state index is -0.293. The molecule has 0 aliphatic carbocycles. The Morgan fingerprint density at radius 3 is 2.82 bits per heavy atom. The maximum Gasteiger partial charge on any atom is 0.300 e. The fourth-order valence-electron chi connectivity index (χ4n) is 1.70. The topological polar surface area (TPSA) is 59.5 Å². The second-order valence-electron chi connectivity index (χ2n) is 4.00. The zero-order valence-electron chi connectivity index (χ0n) is 9.43. The highest BCUT2D eigenvalue weighted by atomic mass is 16.4. The largest absolute Gasteiger partial charge is 0.464 e. The first-order valence-electron chi connectivity index (χ1n) is 5.14. The van der Waals surface area contributed by atoms with E-state index in [0.717, 1.165) is 5.39 Å². The second kappa shape index (κ2) is 3.35. The Labute approximate surface area is 96.3 Å². The van der Waals surface area contributed by atoms with E-state index in [0.29, 0.717) is 16.6 Å². The molecule has 0 radical (unpaired) electrons. The summed E-state index contributed by atoms with van der Waals surface area (Å²) in [6, 6.07) is 5.52. The summed E-state index contributed by atoms with van der Waals surface area (Å²) < 4.78 is 10.8. The highest BCUT2D eigenvalue weighted by molar-refractivity contribution is 5.92. The highest BCUT2D eigenvalue weighted by Crippen LogP contribution is 2.23. The highest BCUT2D eigenvalue weighted by Gasteiger charge is 2.10. The summed E-state index contributed by atoms with van der Waals surface area (Å²) in [4.78, 5) is 17.4. The first-order chi connectivity index (χ1) is 8.15. The molecule has 0 saturated carbocycles. The molecule has 0 aliphatic heterocycles. The van der Waals surface area contributed by atoms with Crippen molar-refractivity contribution >= 4 is 28.0 Å². The van der Waals surface area contributed by atoms with E-state index in [4.69, 9.17) is 8.83 Å². The fourth-order valence-corrected chi connectivity index (χ4v) is 1.70. The van der Waals surface area contributed by atoms with Gasteiger partial charge in [0, 0.05) is 25.5 Å². The van der Waals surface area contributed by atoms with Crippen LogP contribution in [0.15, 0.2) is 38.1 Å². The van der Waals surface area contributed by atoms with Crippen LogP contribution in [0, 0.1) is 0 Å². The van der Waals surface area contributed by atoms with E-state index in [9.17, 15) is 4.79 Å². The van der Waals surface area contributed by atoms with E-state index in [1.165, 1.54) is 0 Å². The van der Waals surface area contributed by atoms with Gasteiger partial charge in [0.1, 0.15) is 11.2 Å². The lowest BCUT2D eigenvalue weighted by molar-refractivity contribution is 0.570. The number of furan rings is 1. The van der Waals surface area contributed by atoms with E-state index >= 15 is 0 Å². The average Bonchev–Trinajstić information content (AvgIpc) is 2.73. The van der Waals surface area contributed by atoms with Gasteiger partial charge in [-0.05, 0) is 12.1 Å². The third kappa shape index (κ3) is 1.47. The van der Waals surface area contributed by atoms with Gasteiger partial charge in [0.15, 0.2) is 0 Å². The molecule has 5 heteroatoms. The summed E-state index contributed by atoms with van der Waals surface area (Å²) in [7, 11) is 3.53. The Hall–Kier alpha value is -2.30. The smallest absolute Gasteiger partial charge is 0.300 e. The molecule has 0 bridgehead atoms. The van der Waals surface area contributed by atoms with E-state index in [2.05, 4.69) is 4.98 Å². The Kier molecular flexibility index (Phi) is 1.95. The summed E-state index contributed by atoms with van der Waals surface area (Å²) in [5, 5.41) is 1.33. The predicted octanol–water partition coefficient (Wildman–Crippen LogP) is 2.00. The Morgan fingerprint density at radius 1 is 1.24 bits per heavy atom. The molecule has 1 aromatic carbocycles. The average molecular weight is 230 g/mol. The number of aromatic nitrogens is 1. The minimum absolute atomic E-state index is 0.286. The lowest BCUT2D eigenvalue weighted by Gasteiger charge is -2.08. The molecule has 0 aliphatic rings. The van der Waals surface area contributed by atoms with Crippen molar-refractivity contribution in [2.24, 2.45) is 0 Å². The molecule has 0 spiro atoms. The van der Waals surface area contributed by atoms with Crippen LogP contribution in [0.3, 0.4) is 0 Å². The molecule has 0 fully saturated rings. The van der Waals surface area contributed by atoms with Crippen molar-refractivity contribution in [2.45, 2.75) is 0 Å². The molecular weight excluding hydrogens is 220 g/mol. The van der Waals surface area contributed by atoms with Gasteiger partial charge in [-0.2, -0.15) is 4.98 Å². The van der Waals surface area contributed by atoms with Gasteiger partial charge in [-0.1, -0.05) is 0 Å². The summed E-state index contributed by atoms with van der Waals surface area (Å²) in [6.45, 7) is 0. The van der Waals surface area contributed by atoms with Crippen LogP contribution in [0.25, 0.3) is 21.9 Å². The molecule has 5 nitrogen and oxygen atoms in total. The molecular formula is C12H10N2O3. The number of fused-ring (bicyclic) bond motifs is 2. The fraction of sp³-hybridized carbons (Fsp3) is 0.167. The van der Waals surface area contributed by atoms with Gasteiger partial charge in [0.2, 0.25) is 0 Å². The van der Waals surface area contributed by atoms with Crippen molar-refractivity contribution in [2.75, 3.05) is 19.0 Å². The van der Waals surface area contributed by atoms with Crippen LogP contribution in [-0.2, 0) is 0 Å². The Balaban J connectivity index is 2.44. The monoisotopic (exact) mass is 230 g/mol. The van der Waals surface area contributed by atoms with Crippen molar-refractivity contribution in [1.82, 2.24) is 4.98 Å². The normalized spacial score (nSPS) is 11.2. The van der Waals surface area contributed by atoms with Crippen molar-refractivity contribution in [1.29, 1.82) is 0 Å². The molecule has 3 rings (SSSR count). The number of hydrogen-bond donors (Lipinski definition) is 0. The number of hydrogen-bond acceptors (Lipinski definition) is 5. The third-order valence-corrected chi connectivity index (χ3v) is 2.57. The molecule has 0 amide bonds. The maximum atomic E-state index is 11.8. The van der Waals surface area contributed by atoms with Gasteiger partial charge in [0.05, 0.1) is 11.6 Å². The molecule has 0 saturated heterocycles. The van der Waals surface area contributed by atoms with Gasteiger partial charge >= 0.3 is 6.01 Å². The number of nitrogens with zero attached hydrogens (tertiary/aromatic N) is 2. The van der Waals surface area contributed by atoms with Crippen LogP contribution >= 0.6 is 0 Å². The summed E-state index contributed by atoms with van der Waals surface area (Å²) in [5.41, 5.74) is 0.880. The van der Waals surface area contributed by atoms with Crippen LogP contribution < -0.4 is 10.5 Å². The van der Waals surface area contributed by atoms with Crippen LogP contribution in [-0.4, -0.2) is 19.1 Å². The second-order valence-corrected chi connectivity index (χ2v) is 4.00. The van der Waals surface area contributed by atoms with Gasteiger partial charge < -0.3 is 13.7 Å².